The van der Waals surface area contributed by atoms with Gasteiger partial charge in [-0.1, -0.05) is 0 Å². The predicted molar refractivity (Wildman–Crippen MR) is 87.7 cm³/mol. The molecule has 7 nitrogen and oxygen atoms in total. The SMILES string of the molecule is O=C(CCOCC1CCN1)N1CCN(c2ncc(C(F)(F)F)cn2)CC1. The van der Waals surface area contributed by atoms with Crippen LogP contribution >= 0.6 is 0 Å². The van der Waals surface area contributed by atoms with Gasteiger partial charge >= 0.3 is 6.18 Å². The average molecular weight is 373 g/mol. The fourth-order valence-electron chi connectivity index (χ4n) is 2.82. The van der Waals surface area contributed by atoms with E-state index >= 15 is 0 Å². The fourth-order valence-corrected chi connectivity index (χ4v) is 2.82. The van der Waals surface area contributed by atoms with Crippen LogP contribution in [0, 0.1) is 0 Å². The van der Waals surface area contributed by atoms with Gasteiger partial charge in [0, 0.05) is 44.6 Å². The van der Waals surface area contributed by atoms with Gasteiger partial charge in [0.25, 0.3) is 0 Å². The van der Waals surface area contributed by atoms with Crippen molar-refractivity contribution in [2.24, 2.45) is 0 Å². The number of amides is 1. The Morgan fingerprint density at radius 2 is 1.88 bits per heavy atom. The van der Waals surface area contributed by atoms with E-state index in [1.807, 2.05) is 0 Å². The topological polar surface area (TPSA) is 70.6 Å². The quantitative estimate of drug-likeness (QED) is 0.748. The maximum atomic E-state index is 12.5. The van der Waals surface area contributed by atoms with Crippen molar-refractivity contribution < 1.29 is 22.7 Å². The molecular formula is C16H22F3N5O2. The molecule has 1 atom stereocenters. The van der Waals surface area contributed by atoms with Crippen molar-refractivity contribution in [3.63, 3.8) is 0 Å². The zero-order valence-electron chi connectivity index (χ0n) is 14.3. The van der Waals surface area contributed by atoms with Crippen LogP contribution in [0.5, 0.6) is 0 Å². The molecule has 0 bridgehead atoms. The number of alkyl halides is 3. The molecule has 2 saturated heterocycles. The van der Waals surface area contributed by atoms with E-state index in [2.05, 4.69) is 15.3 Å². The van der Waals surface area contributed by atoms with Crippen LogP contribution in [0.4, 0.5) is 19.1 Å². The maximum absolute atomic E-state index is 12.5. The number of carbonyl (C=O) groups excluding carboxylic acids is 1. The van der Waals surface area contributed by atoms with Crippen LogP contribution in [0.15, 0.2) is 12.4 Å². The largest absolute Gasteiger partial charge is 0.419 e. The summed E-state index contributed by atoms with van der Waals surface area (Å²) in [7, 11) is 0. The molecule has 0 aliphatic carbocycles. The molecule has 3 heterocycles. The van der Waals surface area contributed by atoms with E-state index in [0.717, 1.165) is 25.4 Å². The first-order valence-electron chi connectivity index (χ1n) is 8.66. The first-order valence-corrected chi connectivity index (χ1v) is 8.66. The highest BCUT2D eigenvalue weighted by atomic mass is 19.4. The third kappa shape index (κ3) is 4.82. The lowest BCUT2D eigenvalue weighted by Gasteiger charge is -2.34. The monoisotopic (exact) mass is 373 g/mol. The van der Waals surface area contributed by atoms with Crippen LogP contribution in [0.1, 0.15) is 18.4 Å². The van der Waals surface area contributed by atoms with Crippen LogP contribution in [0.3, 0.4) is 0 Å². The molecule has 1 aromatic heterocycles. The standard InChI is InChI=1S/C16H22F3N5O2/c17-16(18,19)12-9-21-15(22-10-12)24-6-4-23(5-7-24)14(25)2-8-26-11-13-1-3-20-13/h9-10,13,20H,1-8,11H2. The van der Waals surface area contributed by atoms with Crippen LogP contribution in [-0.4, -0.2) is 72.8 Å². The minimum Gasteiger partial charge on any atom is -0.379 e. The van der Waals surface area contributed by atoms with Crippen LogP contribution in [-0.2, 0) is 15.7 Å². The lowest BCUT2D eigenvalue weighted by Crippen LogP contribution is -2.49. The zero-order chi connectivity index (χ0) is 18.6. The van der Waals surface area contributed by atoms with Crippen molar-refractivity contribution in [3.8, 4) is 0 Å². The van der Waals surface area contributed by atoms with E-state index in [4.69, 9.17) is 4.74 Å². The van der Waals surface area contributed by atoms with Crippen molar-refractivity contribution in [1.82, 2.24) is 20.2 Å². The third-order valence-electron chi connectivity index (χ3n) is 4.59. The van der Waals surface area contributed by atoms with E-state index in [0.29, 0.717) is 51.9 Å². The van der Waals surface area contributed by atoms with Crippen LogP contribution < -0.4 is 10.2 Å². The molecule has 0 spiro atoms. The number of anilines is 1. The molecule has 0 aromatic carbocycles. The molecule has 2 fully saturated rings. The molecule has 1 unspecified atom stereocenters. The summed E-state index contributed by atoms with van der Waals surface area (Å²) < 4.78 is 43.1. The van der Waals surface area contributed by atoms with Crippen molar-refractivity contribution in [1.29, 1.82) is 0 Å². The van der Waals surface area contributed by atoms with Crippen molar-refractivity contribution >= 4 is 11.9 Å². The van der Waals surface area contributed by atoms with Gasteiger partial charge in [-0.05, 0) is 13.0 Å². The number of hydrogen-bond donors (Lipinski definition) is 1. The second-order valence-electron chi connectivity index (χ2n) is 6.40. The first-order chi connectivity index (χ1) is 12.4. The number of halogens is 3. The van der Waals surface area contributed by atoms with Gasteiger partial charge in [-0.15, -0.1) is 0 Å². The normalized spacial score (nSPS) is 20.8. The van der Waals surface area contributed by atoms with E-state index < -0.39 is 11.7 Å². The number of nitrogens with zero attached hydrogens (tertiary/aromatic N) is 4. The second kappa shape index (κ2) is 8.17. The lowest BCUT2D eigenvalue weighted by molar-refractivity contribution is -0.138. The van der Waals surface area contributed by atoms with Gasteiger partial charge in [0.1, 0.15) is 0 Å². The van der Waals surface area contributed by atoms with Gasteiger partial charge < -0.3 is 19.9 Å². The fraction of sp³-hybridized carbons (Fsp3) is 0.688. The summed E-state index contributed by atoms with van der Waals surface area (Å²) in [6.45, 7) is 4.03. The molecule has 10 heteroatoms. The highest BCUT2D eigenvalue weighted by molar-refractivity contribution is 5.76. The summed E-state index contributed by atoms with van der Waals surface area (Å²) in [6.07, 6.45) is -1.42. The Kier molecular flexibility index (Phi) is 5.92. The molecule has 1 aromatic rings. The Hall–Kier alpha value is -1.94. The summed E-state index contributed by atoms with van der Waals surface area (Å²) in [5.74, 6) is 0.279. The summed E-state index contributed by atoms with van der Waals surface area (Å²) in [5.41, 5.74) is -0.868. The van der Waals surface area contributed by atoms with Gasteiger partial charge in [-0.25, -0.2) is 9.97 Å². The van der Waals surface area contributed by atoms with Crippen LogP contribution in [0.2, 0.25) is 0 Å². The minimum atomic E-state index is -4.44. The summed E-state index contributed by atoms with van der Waals surface area (Å²) in [6, 6.07) is 0.414. The summed E-state index contributed by atoms with van der Waals surface area (Å²) in [5, 5.41) is 3.23. The number of hydrogen-bond acceptors (Lipinski definition) is 6. The highest BCUT2D eigenvalue weighted by Crippen LogP contribution is 2.28. The van der Waals surface area contributed by atoms with Crippen molar-refractivity contribution in [2.45, 2.75) is 25.1 Å². The molecular weight excluding hydrogens is 351 g/mol. The first kappa shape index (κ1) is 18.8. The van der Waals surface area contributed by atoms with Gasteiger partial charge in [-0.3, -0.25) is 4.79 Å². The maximum Gasteiger partial charge on any atom is 0.419 e. The van der Waals surface area contributed by atoms with Crippen LogP contribution in [0.25, 0.3) is 0 Å². The Morgan fingerprint density at radius 1 is 1.23 bits per heavy atom. The van der Waals surface area contributed by atoms with Crippen molar-refractivity contribution in [3.05, 3.63) is 18.0 Å². The van der Waals surface area contributed by atoms with Gasteiger partial charge in [0.2, 0.25) is 11.9 Å². The van der Waals surface area contributed by atoms with E-state index in [-0.39, 0.29) is 11.9 Å². The molecule has 2 aliphatic heterocycles. The molecule has 3 rings (SSSR count). The summed E-state index contributed by atoms with van der Waals surface area (Å²) >= 11 is 0. The molecule has 144 valence electrons. The smallest absolute Gasteiger partial charge is 0.379 e. The number of nitrogens with one attached hydrogen (secondary N) is 1. The van der Waals surface area contributed by atoms with Gasteiger partial charge in [-0.2, -0.15) is 13.2 Å². The van der Waals surface area contributed by atoms with Gasteiger partial charge in [0.05, 0.1) is 25.2 Å². The third-order valence-corrected chi connectivity index (χ3v) is 4.59. The van der Waals surface area contributed by atoms with E-state index in [1.54, 1.807) is 9.80 Å². The predicted octanol–water partition coefficient (Wildman–Crippen LogP) is 0.913. The highest BCUT2D eigenvalue weighted by Gasteiger charge is 2.32. The van der Waals surface area contributed by atoms with Gasteiger partial charge in [0.15, 0.2) is 0 Å². The average Bonchev–Trinajstić information content (AvgIpc) is 2.59. The Labute approximate surface area is 149 Å². The number of piperazine rings is 1. The number of carbonyl (C=O) groups is 1. The molecule has 26 heavy (non-hydrogen) atoms. The second-order valence-corrected chi connectivity index (χ2v) is 6.40. The summed E-state index contributed by atoms with van der Waals surface area (Å²) in [4.78, 5) is 23.3. The number of aromatic nitrogens is 2. The minimum absolute atomic E-state index is 0.0274. The Bertz CT molecular complexity index is 599. The molecule has 1 amide bonds. The Morgan fingerprint density at radius 3 is 2.42 bits per heavy atom. The number of ether oxygens (including phenoxy) is 1. The number of rotatable bonds is 6. The van der Waals surface area contributed by atoms with E-state index in [1.165, 1.54) is 0 Å². The zero-order valence-corrected chi connectivity index (χ0v) is 14.3. The molecule has 0 radical (unpaired) electrons. The van der Waals surface area contributed by atoms with E-state index in [9.17, 15) is 18.0 Å². The molecule has 0 saturated carbocycles. The van der Waals surface area contributed by atoms with Crippen molar-refractivity contribution in [2.75, 3.05) is 50.8 Å². The lowest BCUT2D eigenvalue weighted by atomic mass is 10.1. The molecule has 1 N–H and O–H groups in total. The molecule has 2 aliphatic rings. The Balaban J connectivity index is 1.39.